The SMILES string of the molecule is O=C(NC[C@@]1(O)CCCNC1)Nc1cccc(-c2cscn2)c1. The van der Waals surface area contributed by atoms with E-state index in [1.54, 1.807) is 5.51 Å². The summed E-state index contributed by atoms with van der Waals surface area (Å²) < 4.78 is 0. The van der Waals surface area contributed by atoms with Crippen LogP contribution in [0.5, 0.6) is 0 Å². The standard InChI is InChI=1S/C16H20N4O2S/c21-15(18-10-16(22)5-2-6-17-9-16)20-13-4-1-3-12(7-13)14-8-23-11-19-14/h1,3-4,7-8,11,17,22H,2,5-6,9-10H2,(H2,18,20,21)/t16-/m1/s1. The minimum atomic E-state index is -0.863. The number of thiazole rings is 1. The maximum Gasteiger partial charge on any atom is 0.319 e. The second-order valence-corrected chi connectivity index (χ2v) is 6.49. The van der Waals surface area contributed by atoms with E-state index in [4.69, 9.17) is 0 Å². The van der Waals surface area contributed by atoms with E-state index in [1.807, 2.05) is 29.6 Å². The first-order chi connectivity index (χ1) is 11.1. The van der Waals surface area contributed by atoms with Gasteiger partial charge >= 0.3 is 6.03 Å². The van der Waals surface area contributed by atoms with Crippen LogP contribution < -0.4 is 16.0 Å². The molecular weight excluding hydrogens is 312 g/mol. The topological polar surface area (TPSA) is 86.3 Å². The van der Waals surface area contributed by atoms with E-state index in [-0.39, 0.29) is 12.6 Å². The number of β-amino-alcohol motifs (C(OH)–C–C–N with tert-alkyl or cyclic N) is 1. The van der Waals surface area contributed by atoms with Gasteiger partial charge in [0, 0.05) is 29.7 Å². The van der Waals surface area contributed by atoms with E-state index in [0.29, 0.717) is 18.7 Å². The van der Waals surface area contributed by atoms with Crippen LogP contribution in [0.2, 0.25) is 0 Å². The van der Waals surface area contributed by atoms with Crippen molar-refractivity contribution in [1.82, 2.24) is 15.6 Å². The number of hydrogen-bond donors (Lipinski definition) is 4. The van der Waals surface area contributed by atoms with Crippen molar-refractivity contribution in [3.63, 3.8) is 0 Å². The molecule has 6 nitrogen and oxygen atoms in total. The molecule has 2 aromatic rings. The first kappa shape index (κ1) is 15.9. The number of carbonyl (C=O) groups excluding carboxylic acids is 1. The summed E-state index contributed by atoms with van der Waals surface area (Å²) in [6, 6.07) is 7.22. The van der Waals surface area contributed by atoms with E-state index >= 15 is 0 Å². The van der Waals surface area contributed by atoms with Gasteiger partial charge in [0.2, 0.25) is 0 Å². The summed E-state index contributed by atoms with van der Waals surface area (Å²) in [7, 11) is 0. The van der Waals surface area contributed by atoms with Crippen LogP contribution in [-0.2, 0) is 0 Å². The smallest absolute Gasteiger partial charge is 0.319 e. The molecule has 1 aliphatic heterocycles. The number of nitrogens with one attached hydrogen (secondary N) is 3. The van der Waals surface area contributed by atoms with E-state index in [0.717, 1.165) is 24.2 Å². The first-order valence-corrected chi connectivity index (χ1v) is 8.56. The molecule has 4 N–H and O–H groups in total. The third-order valence-corrected chi connectivity index (χ3v) is 4.46. The lowest BCUT2D eigenvalue weighted by atomic mass is 9.94. The van der Waals surface area contributed by atoms with Gasteiger partial charge in [-0.05, 0) is 31.5 Å². The zero-order chi connectivity index (χ0) is 16.1. The Hall–Kier alpha value is -1.96. The Kier molecular flexibility index (Phi) is 4.90. The number of piperidine rings is 1. The lowest BCUT2D eigenvalue weighted by molar-refractivity contribution is 0.0198. The maximum atomic E-state index is 12.0. The molecule has 2 heterocycles. The van der Waals surface area contributed by atoms with Gasteiger partial charge in [-0.15, -0.1) is 11.3 Å². The number of rotatable bonds is 4. The monoisotopic (exact) mass is 332 g/mol. The molecule has 7 heteroatoms. The molecule has 23 heavy (non-hydrogen) atoms. The van der Waals surface area contributed by atoms with Crippen molar-refractivity contribution in [2.24, 2.45) is 0 Å². The summed E-state index contributed by atoms with van der Waals surface area (Å²) >= 11 is 1.53. The molecule has 1 aromatic heterocycles. The number of aliphatic hydroxyl groups is 1. The van der Waals surface area contributed by atoms with Gasteiger partial charge in [0.15, 0.2) is 0 Å². The van der Waals surface area contributed by atoms with Crippen molar-refractivity contribution in [3.05, 3.63) is 35.2 Å². The third kappa shape index (κ3) is 4.28. The van der Waals surface area contributed by atoms with Gasteiger partial charge in [0.05, 0.1) is 16.8 Å². The summed E-state index contributed by atoms with van der Waals surface area (Å²) in [5, 5.41) is 21.0. The Balaban J connectivity index is 1.56. The summed E-state index contributed by atoms with van der Waals surface area (Å²) in [6.07, 6.45) is 1.61. The van der Waals surface area contributed by atoms with Gasteiger partial charge in [0.1, 0.15) is 0 Å². The van der Waals surface area contributed by atoms with E-state index < -0.39 is 5.60 Å². The average molecular weight is 332 g/mol. The second-order valence-electron chi connectivity index (χ2n) is 5.77. The molecule has 1 aliphatic rings. The molecule has 3 rings (SSSR count). The van der Waals surface area contributed by atoms with Gasteiger partial charge in [-0.3, -0.25) is 0 Å². The number of carbonyl (C=O) groups is 1. The van der Waals surface area contributed by atoms with Crippen molar-refractivity contribution >= 4 is 23.1 Å². The fraction of sp³-hybridized carbons (Fsp3) is 0.375. The van der Waals surface area contributed by atoms with Gasteiger partial charge in [0.25, 0.3) is 0 Å². The molecule has 122 valence electrons. The lowest BCUT2D eigenvalue weighted by Crippen LogP contribution is -2.53. The molecule has 1 saturated heterocycles. The van der Waals surface area contributed by atoms with Crippen LogP contribution in [0.1, 0.15) is 12.8 Å². The number of anilines is 1. The quantitative estimate of drug-likeness (QED) is 0.690. The molecule has 0 radical (unpaired) electrons. The second kappa shape index (κ2) is 7.08. The van der Waals surface area contributed by atoms with Gasteiger partial charge in [-0.1, -0.05) is 12.1 Å². The van der Waals surface area contributed by atoms with Crippen LogP contribution in [0.25, 0.3) is 11.3 Å². The Labute approximate surface area is 139 Å². The average Bonchev–Trinajstić information content (AvgIpc) is 3.09. The highest BCUT2D eigenvalue weighted by atomic mass is 32.1. The molecule has 1 aromatic carbocycles. The summed E-state index contributed by atoms with van der Waals surface area (Å²) in [5.74, 6) is 0. The number of amides is 2. The number of hydrogen-bond acceptors (Lipinski definition) is 5. The predicted molar refractivity (Wildman–Crippen MR) is 91.6 cm³/mol. The number of urea groups is 1. The molecule has 0 saturated carbocycles. The first-order valence-electron chi connectivity index (χ1n) is 7.61. The molecule has 0 aliphatic carbocycles. The molecule has 1 fully saturated rings. The van der Waals surface area contributed by atoms with E-state index in [9.17, 15) is 9.90 Å². The maximum absolute atomic E-state index is 12.0. The van der Waals surface area contributed by atoms with Crippen LogP contribution in [0, 0.1) is 0 Å². The van der Waals surface area contributed by atoms with Crippen LogP contribution in [0.15, 0.2) is 35.2 Å². The van der Waals surface area contributed by atoms with Crippen molar-refractivity contribution in [2.75, 3.05) is 25.0 Å². The normalized spacial score (nSPS) is 20.9. The predicted octanol–water partition coefficient (Wildman–Crippen LogP) is 2.05. The van der Waals surface area contributed by atoms with Gasteiger partial charge in [-0.25, -0.2) is 9.78 Å². The van der Waals surface area contributed by atoms with Crippen LogP contribution >= 0.6 is 11.3 Å². The summed E-state index contributed by atoms with van der Waals surface area (Å²) in [6.45, 7) is 1.65. The number of benzene rings is 1. The van der Waals surface area contributed by atoms with E-state index in [2.05, 4.69) is 20.9 Å². The lowest BCUT2D eigenvalue weighted by Gasteiger charge is -2.32. The molecular formula is C16H20N4O2S. The van der Waals surface area contributed by atoms with Gasteiger partial charge in [-0.2, -0.15) is 0 Å². The van der Waals surface area contributed by atoms with Crippen molar-refractivity contribution in [1.29, 1.82) is 0 Å². The highest BCUT2D eigenvalue weighted by molar-refractivity contribution is 7.07. The minimum absolute atomic E-state index is 0.234. The number of aromatic nitrogens is 1. The van der Waals surface area contributed by atoms with Crippen LogP contribution in [0.4, 0.5) is 10.5 Å². The summed E-state index contributed by atoms with van der Waals surface area (Å²) in [4.78, 5) is 16.3. The van der Waals surface area contributed by atoms with Crippen molar-refractivity contribution < 1.29 is 9.90 Å². The van der Waals surface area contributed by atoms with Crippen molar-refractivity contribution in [3.8, 4) is 11.3 Å². The summed E-state index contributed by atoms with van der Waals surface area (Å²) in [5.41, 5.74) is 3.46. The van der Waals surface area contributed by atoms with Crippen LogP contribution in [-0.4, -0.2) is 41.4 Å². The number of nitrogens with zero attached hydrogens (tertiary/aromatic N) is 1. The molecule has 0 spiro atoms. The Morgan fingerprint density at radius 1 is 1.48 bits per heavy atom. The fourth-order valence-corrected chi connectivity index (χ4v) is 3.20. The highest BCUT2D eigenvalue weighted by Gasteiger charge is 2.29. The fourth-order valence-electron chi connectivity index (χ4n) is 2.63. The van der Waals surface area contributed by atoms with E-state index in [1.165, 1.54) is 11.3 Å². The Morgan fingerprint density at radius 2 is 2.39 bits per heavy atom. The zero-order valence-corrected chi connectivity index (χ0v) is 13.5. The zero-order valence-electron chi connectivity index (χ0n) is 12.7. The van der Waals surface area contributed by atoms with Crippen LogP contribution in [0.3, 0.4) is 0 Å². The molecule has 2 amide bonds. The van der Waals surface area contributed by atoms with Gasteiger partial charge < -0.3 is 21.1 Å². The van der Waals surface area contributed by atoms with Crippen molar-refractivity contribution in [2.45, 2.75) is 18.4 Å². The Bertz CT molecular complexity index is 654. The molecule has 0 unspecified atom stereocenters. The molecule has 0 bridgehead atoms. The minimum Gasteiger partial charge on any atom is -0.387 e. The third-order valence-electron chi connectivity index (χ3n) is 3.88. The highest BCUT2D eigenvalue weighted by Crippen LogP contribution is 2.22. The molecule has 1 atom stereocenters. The largest absolute Gasteiger partial charge is 0.387 e. The Morgan fingerprint density at radius 3 is 3.13 bits per heavy atom.